The number of unbranched alkanes of at least 4 members (excludes halogenated alkanes) is 1. The fraction of sp³-hybridized carbons (Fsp3) is 0.571. The van der Waals surface area contributed by atoms with Crippen molar-refractivity contribution in [1.82, 2.24) is 25.1 Å². The van der Waals surface area contributed by atoms with Crippen molar-refractivity contribution < 1.29 is 138 Å². The van der Waals surface area contributed by atoms with Crippen molar-refractivity contribution >= 4 is 95.6 Å². The van der Waals surface area contributed by atoms with Gasteiger partial charge in [-0.1, -0.05) is 73.7 Å². The number of rotatable bonds is 63. The van der Waals surface area contributed by atoms with Crippen LogP contribution in [0.2, 0.25) is 0 Å². The fourth-order valence-corrected chi connectivity index (χ4v) is 20.9. The predicted molar refractivity (Wildman–Crippen MR) is 508 cm³/mol. The van der Waals surface area contributed by atoms with Gasteiger partial charge in [0.05, 0.1) is 173 Å². The number of pyridine rings is 1. The Hall–Kier alpha value is -10.1. The summed E-state index contributed by atoms with van der Waals surface area (Å²) in [4.78, 5) is 112. The number of allylic oxidation sites excluding steroid dienone is 1. The van der Waals surface area contributed by atoms with E-state index in [4.69, 9.17) is 91.5 Å². The van der Waals surface area contributed by atoms with Crippen molar-refractivity contribution in [2.75, 3.05) is 208 Å². The van der Waals surface area contributed by atoms with Gasteiger partial charge < -0.3 is 112 Å². The summed E-state index contributed by atoms with van der Waals surface area (Å²) in [7, 11) is -2.97. The van der Waals surface area contributed by atoms with Gasteiger partial charge in [-0.15, -0.1) is 0 Å². The highest BCUT2D eigenvalue weighted by Gasteiger charge is 2.66. The highest BCUT2D eigenvalue weighted by atomic mass is 32.2. The first kappa shape index (κ1) is 107. The third-order valence-electron chi connectivity index (χ3n) is 24.8. The van der Waals surface area contributed by atoms with Gasteiger partial charge in [-0.25, -0.2) is 24.4 Å². The molecule has 0 spiro atoms. The second-order valence-electron chi connectivity index (χ2n) is 36.0. The molecule has 6 atom stereocenters. The minimum absolute atomic E-state index is 0.00860. The summed E-state index contributed by atoms with van der Waals surface area (Å²) >= 11 is 1.38. The number of aromatic nitrogens is 2. The van der Waals surface area contributed by atoms with Gasteiger partial charge >= 0.3 is 18.0 Å². The van der Waals surface area contributed by atoms with Crippen molar-refractivity contribution in [3.8, 4) is 11.5 Å². The molecule has 1 saturated heterocycles. The highest BCUT2D eigenvalue weighted by Crippen LogP contribution is 2.72. The van der Waals surface area contributed by atoms with Crippen LogP contribution < -0.4 is 30.7 Å². The van der Waals surface area contributed by atoms with Crippen LogP contribution in [-0.4, -0.2) is 323 Å². The molecule has 2 unspecified atom stereocenters. The van der Waals surface area contributed by atoms with Gasteiger partial charge in [-0.05, 0) is 158 Å². The van der Waals surface area contributed by atoms with E-state index in [-0.39, 0.29) is 91.3 Å². The van der Waals surface area contributed by atoms with Crippen molar-refractivity contribution in [1.29, 1.82) is 0 Å². The maximum absolute atomic E-state index is 14.4. The molecule has 4 aromatic carbocycles. The van der Waals surface area contributed by atoms with E-state index < -0.39 is 94.9 Å². The Morgan fingerprint density at radius 2 is 1.28 bits per heavy atom. The molecule has 4 bridgehead atoms. The van der Waals surface area contributed by atoms with E-state index in [0.29, 0.717) is 247 Å². The molecule has 0 radical (unpaired) electrons. The van der Waals surface area contributed by atoms with Gasteiger partial charge in [0.2, 0.25) is 12.2 Å². The first-order valence-corrected chi connectivity index (χ1v) is 49.4. The molecule has 2 aromatic heterocycles. The number of carbonyl (C=O) groups is 7. The molecule has 4 saturated carbocycles. The zero-order valence-corrected chi connectivity index (χ0v) is 80.6. The van der Waals surface area contributed by atoms with Crippen LogP contribution in [0.4, 0.5) is 15.7 Å². The fourth-order valence-electron chi connectivity index (χ4n) is 19.5. The van der Waals surface area contributed by atoms with Crippen LogP contribution >= 0.6 is 11.3 Å². The van der Waals surface area contributed by atoms with Crippen LogP contribution in [0.3, 0.4) is 0 Å². The number of thiazole rings is 1. The minimum atomic E-state index is -4.60. The zero-order chi connectivity index (χ0) is 97.9. The van der Waals surface area contributed by atoms with Crippen molar-refractivity contribution in [3.63, 3.8) is 0 Å². The van der Waals surface area contributed by atoms with Gasteiger partial charge in [0.1, 0.15) is 36.6 Å². The third-order valence-corrected chi connectivity index (χ3v) is 26.4. The number of imide groups is 1. The SMILES string of the molecule is COCCOCCOCCOCCOCCOCCOCCOCCOCCOCCOCCOc1ccc(C[C@@H](C(=O)NCCCCc2ccc(COC(=O)N(CCOC34CC5(C)CC(C)(CC(CN=C(C)C(=CN)c6ccc(N7CCc8cccc(C(=O)Nc9nc%10ccccc%10s9)c8C7)nc6C(=O)O)(C5)C3)C4)CCS(=O)(=O)O)c(O[C@H]3C[C@@H](O)C[C@@H](C(=O)O)O3)c2)N2C(=O)C=CC2=O)cc1. The lowest BCUT2D eigenvalue weighted by atomic mass is 9.39. The quantitative estimate of drug-likeness (QED) is 0.00809. The number of aliphatic hydroxyl groups excluding tert-OH is 1. The molecule has 13 rings (SSSR count). The molecule has 7 aliphatic rings. The van der Waals surface area contributed by atoms with E-state index in [0.717, 1.165) is 62.6 Å². The Kier molecular flexibility index (Phi) is 41.0. The number of hydrogen-bond donors (Lipinski definition) is 7. The number of aliphatic hydroxyl groups is 1. The normalized spacial score (nSPS) is 21.0. The number of carbonyl (C=O) groups excluding carboxylic acids is 5. The maximum Gasteiger partial charge on any atom is 0.410 e. The molecule has 4 aliphatic carbocycles. The Balaban J connectivity index is 0.569. The number of anilines is 2. The standard InChI is InChI=1S/C98H131N9O29S2/c1-68(77(58-99)75-21-22-84(103-88(75)92(115)116)106-27-25-71-11-9-12-76(78(71)59-106)89(111)104-93-102-79-13-5-6-14-83(79)137-93)101-67-97-62-95(2)61-96(3,63-97)65-98(64-95,66-97)134-30-28-105(29-53-138(118,119)120)94(117)133-60-72-18-15-69(55-81(72)135-87-57-73(108)56-82(136-87)91(113)114)10-7-8-26-100-90(112)80(107-85(109)23-24-86(107)110)54-70-16-19-74(20-17-70)132-52-51-131-50-49-130-48-47-129-46-45-128-44-43-127-42-41-126-40-39-125-38-37-124-36-35-123-34-33-122-32-31-121-4/h5-6,9,11-24,55,58,73,80,82,87,108H,7-8,10,25-54,56-57,59-67,99H2,1-4H3,(H,100,112)(H,113,114)(H,115,116)(H,102,104,111)(H,118,119,120)/t73-,80-,82-,87+,95?,96?,97?,98?/m0/s1. The average molecular weight is 1960 g/mol. The maximum atomic E-state index is 14.4. The topological polar surface area (TPSA) is 480 Å². The molecule has 38 nitrogen and oxygen atoms in total. The number of carboxylic acids is 2. The number of hydrogen-bond acceptors (Lipinski definition) is 32. The van der Waals surface area contributed by atoms with Crippen molar-refractivity contribution in [2.45, 2.75) is 148 Å². The monoisotopic (exact) mass is 1960 g/mol. The smallest absolute Gasteiger partial charge is 0.410 e. The van der Waals surface area contributed by atoms with Gasteiger partial charge in [-0.2, -0.15) is 8.42 Å². The second kappa shape index (κ2) is 53.0. The Bertz CT molecular complexity index is 5170. The van der Waals surface area contributed by atoms with Gasteiger partial charge in [0.15, 0.2) is 16.9 Å². The van der Waals surface area contributed by atoms with Crippen LogP contribution in [0.25, 0.3) is 15.8 Å². The van der Waals surface area contributed by atoms with Gasteiger partial charge in [-0.3, -0.25) is 38.9 Å². The zero-order valence-electron chi connectivity index (χ0n) is 79.0. The molecular weight excluding hydrogens is 1830 g/mol. The number of methoxy groups -OCH3 is 1. The number of fused-ring (bicyclic) bond motifs is 2. The van der Waals surface area contributed by atoms with E-state index in [1.807, 2.05) is 41.3 Å². The molecule has 6 aromatic rings. The molecule has 138 heavy (non-hydrogen) atoms. The van der Waals surface area contributed by atoms with Gasteiger partial charge in [0.25, 0.3) is 27.8 Å². The van der Waals surface area contributed by atoms with E-state index in [1.165, 1.54) is 17.5 Å². The first-order chi connectivity index (χ1) is 66.6. The Morgan fingerprint density at radius 3 is 1.87 bits per heavy atom. The van der Waals surface area contributed by atoms with Crippen LogP contribution in [0.1, 0.15) is 139 Å². The summed E-state index contributed by atoms with van der Waals surface area (Å²) in [5.74, 6) is -4.43. The van der Waals surface area contributed by atoms with E-state index in [9.17, 15) is 61.9 Å². The number of amides is 5. The van der Waals surface area contributed by atoms with Crippen molar-refractivity contribution in [2.24, 2.45) is 27.0 Å². The lowest BCUT2D eigenvalue weighted by Gasteiger charge is -2.69. The summed E-state index contributed by atoms with van der Waals surface area (Å²) in [6, 6.07) is 27.5. The molecule has 40 heteroatoms. The lowest BCUT2D eigenvalue weighted by Crippen LogP contribution is -2.64. The number of nitrogens with two attached hydrogens (primary N) is 1. The number of para-hydroxylation sites is 1. The van der Waals surface area contributed by atoms with Crippen LogP contribution in [0.5, 0.6) is 11.5 Å². The van der Waals surface area contributed by atoms with Crippen LogP contribution in [0, 0.1) is 16.2 Å². The number of aliphatic carboxylic acids is 1. The van der Waals surface area contributed by atoms with Crippen molar-refractivity contribution in [3.05, 3.63) is 160 Å². The Labute approximate surface area is 807 Å². The summed E-state index contributed by atoms with van der Waals surface area (Å²) < 4.78 is 127. The summed E-state index contributed by atoms with van der Waals surface area (Å²) in [6.45, 7) is 16.1. The number of carboxylic acid groups (broad SMARTS) is 2. The second-order valence-corrected chi connectivity index (χ2v) is 38.6. The largest absolute Gasteiger partial charge is 0.491 e. The molecule has 5 heterocycles. The number of benzene rings is 4. The number of aromatic carboxylic acids is 1. The Morgan fingerprint density at radius 1 is 0.681 bits per heavy atom. The highest BCUT2D eigenvalue weighted by molar-refractivity contribution is 7.85. The summed E-state index contributed by atoms with van der Waals surface area (Å²) in [6.07, 6.45) is 5.11. The van der Waals surface area contributed by atoms with Gasteiger partial charge in [0, 0.05) is 112 Å². The average Bonchev–Trinajstić information content (AvgIpc) is 0.767. The number of nitrogens with zero attached hydrogens (tertiary/aromatic N) is 6. The molecular formula is C98H131N9O29S2. The number of nitrogens with one attached hydrogen (secondary N) is 2. The summed E-state index contributed by atoms with van der Waals surface area (Å²) in [5.41, 5.74) is 10.7. The molecule has 754 valence electrons. The van der Waals surface area contributed by atoms with Crippen LogP contribution in [-0.2, 0) is 128 Å². The number of aliphatic imine (C=N–C) groups is 1. The van der Waals surface area contributed by atoms with E-state index in [1.54, 1.807) is 74.7 Å². The predicted octanol–water partition coefficient (Wildman–Crippen LogP) is 9.12. The number of aryl methyl sites for hydroxylation is 1. The van der Waals surface area contributed by atoms with E-state index >= 15 is 0 Å². The molecule has 3 aliphatic heterocycles. The molecule has 5 fully saturated rings. The molecule has 8 N–H and O–H groups in total. The van der Waals surface area contributed by atoms with Crippen LogP contribution in [0.15, 0.2) is 120 Å². The minimum Gasteiger partial charge on any atom is -0.491 e. The number of ether oxygens (including phenoxy) is 16. The molecule has 5 amide bonds. The first-order valence-electron chi connectivity index (χ1n) is 47.0. The van der Waals surface area contributed by atoms with E-state index in [2.05, 4.69) is 29.5 Å². The third kappa shape index (κ3) is 32.5. The lowest BCUT2D eigenvalue weighted by molar-refractivity contribution is -0.242. The summed E-state index contributed by atoms with van der Waals surface area (Å²) in [5, 5.41) is 37.8.